The number of fused-ring (bicyclic) bond motifs is 1. The second kappa shape index (κ2) is 5.84. The molecular formula is C16H22N4O3S. The summed E-state index contributed by atoms with van der Waals surface area (Å²) in [6.45, 7) is 5.90. The Morgan fingerprint density at radius 3 is 2.71 bits per heavy atom. The Kier molecular flexibility index (Phi) is 4.11. The predicted octanol–water partition coefficient (Wildman–Crippen LogP) is 1.25. The minimum absolute atomic E-state index is 0.0722. The Balaban J connectivity index is 1.71. The number of carbonyl (C=O) groups is 1. The lowest BCUT2D eigenvalue weighted by Crippen LogP contribution is -2.40. The zero-order valence-corrected chi connectivity index (χ0v) is 15.0. The fourth-order valence-corrected chi connectivity index (χ4v) is 4.76. The summed E-state index contributed by atoms with van der Waals surface area (Å²) >= 11 is 0. The van der Waals surface area contributed by atoms with E-state index in [0.717, 1.165) is 11.0 Å². The summed E-state index contributed by atoms with van der Waals surface area (Å²) in [5.41, 5.74) is 1.53. The standard InChI is InChI=1S/C16H22N4O3S/c1-16(2,3)24(22,23)12-8-9-19(10-12)15(21)11-20-14-7-5-4-6-13(14)17-18-20/h4-7,12H,8-11H2,1-3H3/t12-/m0/s1. The van der Waals surface area contributed by atoms with Crippen molar-refractivity contribution < 1.29 is 13.2 Å². The van der Waals surface area contributed by atoms with Gasteiger partial charge in [-0.3, -0.25) is 4.79 Å². The summed E-state index contributed by atoms with van der Waals surface area (Å²) < 4.78 is 25.8. The molecule has 7 nitrogen and oxygen atoms in total. The van der Waals surface area contributed by atoms with Crippen molar-refractivity contribution in [2.75, 3.05) is 13.1 Å². The Morgan fingerprint density at radius 2 is 2.00 bits per heavy atom. The van der Waals surface area contributed by atoms with Crippen molar-refractivity contribution in [3.8, 4) is 0 Å². The summed E-state index contributed by atoms with van der Waals surface area (Å²) in [6, 6.07) is 7.44. The molecule has 1 aliphatic heterocycles. The minimum Gasteiger partial charge on any atom is -0.340 e. The molecule has 1 aromatic carbocycles. The van der Waals surface area contributed by atoms with Gasteiger partial charge in [0.05, 0.1) is 15.5 Å². The number of hydrogen-bond acceptors (Lipinski definition) is 5. The van der Waals surface area contributed by atoms with Gasteiger partial charge < -0.3 is 4.90 Å². The number of carbonyl (C=O) groups excluding carboxylic acids is 1. The highest BCUT2D eigenvalue weighted by Crippen LogP contribution is 2.27. The van der Waals surface area contributed by atoms with Gasteiger partial charge in [0, 0.05) is 13.1 Å². The quantitative estimate of drug-likeness (QED) is 0.831. The van der Waals surface area contributed by atoms with E-state index < -0.39 is 19.8 Å². The van der Waals surface area contributed by atoms with Gasteiger partial charge in [0.15, 0.2) is 9.84 Å². The number of amides is 1. The van der Waals surface area contributed by atoms with E-state index in [1.807, 2.05) is 24.3 Å². The number of nitrogens with zero attached hydrogens (tertiary/aromatic N) is 4. The fraction of sp³-hybridized carbons (Fsp3) is 0.562. The van der Waals surface area contributed by atoms with Crippen LogP contribution < -0.4 is 0 Å². The molecule has 0 N–H and O–H groups in total. The summed E-state index contributed by atoms with van der Waals surface area (Å²) in [5, 5.41) is 7.55. The molecule has 1 fully saturated rings. The first-order valence-electron chi connectivity index (χ1n) is 7.99. The van der Waals surface area contributed by atoms with E-state index in [-0.39, 0.29) is 19.0 Å². The van der Waals surface area contributed by atoms with Gasteiger partial charge in [-0.2, -0.15) is 0 Å². The zero-order chi connectivity index (χ0) is 17.5. The summed E-state index contributed by atoms with van der Waals surface area (Å²) in [6.07, 6.45) is 0.490. The first-order valence-corrected chi connectivity index (χ1v) is 9.54. The molecule has 3 rings (SSSR count). The molecule has 1 aromatic heterocycles. The molecule has 1 atom stereocenters. The van der Waals surface area contributed by atoms with Crippen LogP contribution in [0.3, 0.4) is 0 Å². The highest BCUT2D eigenvalue weighted by atomic mass is 32.2. The third-order valence-corrected chi connectivity index (χ3v) is 7.46. The number of aromatic nitrogens is 3. The third kappa shape index (κ3) is 2.90. The molecule has 0 spiro atoms. The molecule has 8 heteroatoms. The molecule has 1 amide bonds. The molecule has 1 aliphatic rings. The third-order valence-electron chi connectivity index (χ3n) is 4.50. The molecule has 130 valence electrons. The molecule has 24 heavy (non-hydrogen) atoms. The molecule has 2 heterocycles. The molecule has 0 saturated carbocycles. The largest absolute Gasteiger partial charge is 0.340 e. The fourth-order valence-electron chi connectivity index (χ4n) is 2.97. The van der Waals surface area contributed by atoms with Gasteiger partial charge in [-0.05, 0) is 39.3 Å². The van der Waals surface area contributed by atoms with Crippen LogP contribution in [0.5, 0.6) is 0 Å². The first-order chi connectivity index (χ1) is 11.2. The number of sulfone groups is 1. The van der Waals surface area contributed by atoms with Crippen LogP contribution >= 0.6 is 0 Å². The Bertz CT molecular complexity index is 867. The highest BCUT2D eigenvalue weighted by molar-refractivity contribution is 7.93. The van der Waals surface area contributed by atoms with E-state index in [0.29, 0.717) is 13.0 Å². The number of likely N-dealkylation sites (tertiary alicyclic amines) is 1. The monoisotopic (exact) mass is 350 g/mol. The van der Waals surface area contributed by atoms with Gasteiger partial charge in [0.1, 0.15) is 12.1 Å². The smallest absolute Gasteiger partial charge is 0.244 e. The number of rotatable bonds is 3. The van der Waals surface area contributed by atoms with E-state index >= 15 is 0 Å². The summed E-state index contributed by atoms with van der Waals surface area (Å²) in [4.78, 5) is 14.1. The van der Waals surface area contributed by atoms with Gasteiger partial charge in [-0.25, -0.2) is 13.1 Å². The molecule has 0 bridgehead atoms. The van der Waals surface area contributed by atoms with Crippen molar-refractivity contribution in [3.63, 3.8) is 0 Å². The zero-order valence-electron chi connectivity index (χ0n) is 14.1. The summed E-state index contributed by atoms with van der Waals surface area (Å²) in [5.74, 6) is -0.128. The minimum atomic E-state index is -3.27. The predicted molar refractivity (Wildman–Crippen MR) is 91.2 cm³/mol. The van der Waals surface area contributed by atoms with Crippen LogP contribution in [0.4, 0.5) is 0 Å². The van der Waals surface area contributed by atoms with E-state index in [1.54, 1.807) is 30.4 Å². The Morgan fingerprint density at radius 1 is 1.29 bits per heavy atom. The maximum atomic E-state index is 12.5. The molecule has 1 saturated heterocycles. The van der Waals surface area contributed by atoms with Crippen LogP contribution in [0, 0.1) is 0 Å². The van der Waals surface area contributed by atoms with Crippen molar-refractivity contribution in [2.45, 2.75) is 43.7 Å². The topological polar surface area (TPSA) is 85.2 Å². The van der Waals surface area contributed by atoms with Gasteiger partial charge in [0.25, 0.3) is 0 Å². The second-order valence-electron chi connectivity index (χ2n) is 7.14. The average Bonchev–Trinajstić information content (AvgIpc) is 3.14. The van der Waals surface area contributed by atoms with Gasteiger partial charge in [-0.1, -0.05) is 17.3 Å². The van der Waals surface area contributed by atoms with E-state index in [1.165, 1.54) is 0 Å². The molecule has 0 radical (unpaired) electrons. The van der Waals surface area contributed by atoms with Crippen molar-refractivity contribution in [1.29, 1.82) is 0 Å². The molecule has 0 aliphatic carbocycles. The van der Waals surface area contributed by atoms with E-state index in [2.05, 4.69) is 10.3 Å². The number of para-hydroxylation sites is 1. The maximum absolute atomic E-state index is 12.5. The molecule has 2 aromatic rings. The lowest BCUT2D eigenvalue weighted by Gasteiger charge is -2.24. The van der Waals surface area contributed by atoms with Crippen molar-refractivity contribution in [3.05, 3.63) is 24.3 Å². The van der Waals surface area contributed by atoms with E-state index in [4.69, 9.17) is 0 Å². The maximum Gasteiger partial charge on any atom is 0.244 e. The number of benzene rings is 1. The Hall–Kier alpha value is -1.96. The van der Waals surface area contributed by atoms with Crippen LogP contribution in [-0.2, 0) is 21.2 Å². The number of hydrogen-bond donors (Lipinski definition) is 0. The molecular weight excluding hydrogens is 328 g/mol. The summed E-state index contributed by atoms with van der Waals surface area (Å²) in [7, 11) is -3.27. The van der Waals surface area contributed by atoms with Crippen LogP contribution in [0.15, 0.2) is 24.3 Å². The van der Waals surface area contributed by atoms with Crippen LogP contribution in [0.1, 0.15) is 27.2 Å². The van der Waals surface area contributed by atoms with Crippen molar-refractivity contribution >= 4 is 26.8 Å². The van der Waals surface area contributed by atoms with E-state index in [9.17, 15) is 13.2 Å². The normalized spacial score (nSPS) is 19.1. The van der Waals surface area contributed by atoms with Crippen molar-refractivity contribution in [2.24, 2.45) is 0 Å². The van der Waals surface area contributed by atoms with Crippen LogP contribution in [-0.4, -0.2) is 57.3 Å². The molecule has 0 unspecified atom stereocenters. The van der Waals surface area contributed by atoms with Crippen LogP contribution in [0.2, 0.25) is 0 Å². The van der Waals surface area contributed by atoms with Gasteiger partial charge in [0.2, 0.25) is 5.91 Å². The highest BCUT2D eigenvalue weighted by Gasteiger charge is 2.41. The lowest BCUT2D eigenvalue weighted by atomic mass is 10.3. The second-order valence-corrected chi connectivity index (χ2v) is 10.1. The average molecular weight is 350 g/mol. The van der Waals surface area contributed by atoms with Gasteiger partial charge >= 0.3 is 0 Å². The SMILES string of the molecule is CC(C)(C)S(=O)(=O)[C@H]1CCN(C(=O)Cn2nnc3ccccc32)C1. The lowest BCUT2D eigenvalue weighted by molar-refractivity contribution is -0.130. The van der Waals surface area contributed by atoms with Gasteiger partial charge in [-0.15, -0.1) is 5.10 Å². The van der Waals surface area contributed by atoms with Crippen LogP contribution in [0.25, 0.3) is 11.0 Å². The Labute approximate surface area is 141 Å². The first kappa shape index (κ1) is 16.9. The van der Waals surface area contributed by atoms with Crippen molar-refractivity contribution in [1.82, 2.24) is 19.9 Å².